The van der Waals surface area contributed by atoms with E-state index in [2.05, 4.69) is 5.32 Å². The van der Waals surface area contributed by atoms with Crippen molar-refractivity contribution in [3.63, 3.8) is 0 Å². The van der Waals surface area contributed by atoms with Crippen LogP contribution in [-0.4, -0.2) is 43.5 Å². The Bertz CT molecular complexity index is 161. The summed E-state index contributed by atoms with van der Waals surface area (Å²) in [6.45, 7) is 7.31. The molecule has 0 spiro atoms. The molecule has 2 nitrogen and oxygen atoms in total. The van der Waals surface area contributed by atoms with E-state index in [-0.39, 0.29) is 6.54 Å². The van der Waals surface area contributed by atoms with Crippen molar-refractivity contribution in [3.8, 4) is 0 Å². The van der Waals surface area contributed by atoms with Gasteiger partial charge in [-0.25, -0.2) is 8.78 Å². The van der Waals surface area contributed by atoms with Crippen LogP contribution in [0.1, 0.15) is 33.6 Å². The number of nitrogens with zero attached hydrogens (tertiary/aromatic N) is 1. The molecular formula is C11H24F2N2. The molecule has 1 fully saturated rings. The molecule has 0 aliphatic carbocycles. The number of rotatable bonds is 3. The second-order valence-electron chi connectivity index (χ2n) is 3.79. The fourth-order valence-corrected chi connectivity index (χ4v) is 1.68. The number of nitrogens with one attached hydrogen (secondary N) is 1. The Kier molecular flexibility index (Phi) is 7.02. The van der Waals surface area contributed by atoms with E-state index >= 15 is 0 Å². The highest BCUT2D eigenvalue weighted by atomic mass is 19.3. The third-order valence-electron chi connectivity index (χ3n) is 2.43. The molecule has 1 unspecified atom stereocenters. The maximum Gasteiger partial charge on any atom is 0.275 e. The molecule has 0 aromatic carbocycles. The second kappa shape index (κ2) is 7.12. The molecule has 1 atom stereocenters. The van der Waals surface area contributed by atoms with Gasteiger partial charge in [-0.2, -0.15) is 0 Å². The summed E-state index contributed by atoms with van der Waals surface area (Å²) in [7, 11) is 1.74. The standard InChI is InChI=1S/C9H18F2N2.C2H6/c1-3-5-12-8-4-6-13(2)7-9(8,10)11;1-2/h8,12H,3-7H2,1-2H3;1-2H3. The van der Waals surface area contributed by atoms with Crippen LogP contribution in [0.2, 0.25) is 0 Å². The minimum atomic E-state index is -2.57. The molecule has 0 aromatic rings. The summed E-state index contributed by atoms with van der Waals surface area (Å²) in [6.07, 6.45) is 1.45. The zero-order chi connectivity index (χ0) is 11.9. The van der Waals surface area contributed by atoms with Gasteiger partial charge in [-0.05, 0) is 33.0 Å². The minimum absolute atomic E-state index is 0.117. The van der Waals surface area contributed by atoms with Crippen molar-refractivity contribution in [2.24, 2.45) is 0 Å². The van der Waals surface area contributed by atoms with Gasteiger partial charge in [0.2, 0.25) is 0 Å². The van der Waals surface area contributed by atoms with Crippen molar-refractivity contribution in [1.29, 1.82) is 0 Å². The molecular weight excluding hydrogens is 198 g/mol. The molecule has 1 N–H and O–H groups in total. The third kappa shape index (κ3) is 4.89. The van der Waals surface area contributed by atoms with Gasteiger partial charge in [0.25, 0.3) is 5.92 Å². The van der Waals surface area contributed by atoms with E-state index in [1.807, 2.05) is 20.8 Å². The molecule has 15 heavy (non-hydrogen) atoms. The number of likely N-dealkylation sites (tertiary alicyclic amines) is 1. The molecule has 0 aromatic heterocycles. The van der Waals surface area contributed by atoms with Gasteiger partial charge >= 0.3 is 0 Å². The van der Waals surface area contributed by atoms with Crippen molar-refractivity contribution in [3.05, 3.63) is 0 Å². The van der Waals surface area contributed by atoms with Crippen molar-refractivity contribution in [1.82, 2.24) is 10.2 Å². The lowest BCUT2D eigenvalue weighted by molar-refractivity contribution is -0.0841. The minimum Gasteiger partial charge on any atom is -0.309 e. The molecule has 1 rings (SSSR count). The lowest BCUT2D eigenvalue weighted by atomic mass is 10.0. The maximum atomic E-state index is 13.3. The van der Waals surface area contributed by atoms with Crippen molar-refractivity contribution >= 4 is 0 Å². The van der Waals surface area contributed by atoms with Crippen molar-refractivity contribution in [2.45, 2.75) is 45.6 Å². The van der Waals surface area contributed by atoms with E-state index in [9.17, 15) is 8.78 Å². The summed E-state index contributed by atoms with van der Waals surface area (Å²) >= 11 is 0. The Hall–Kier alpha value is -0.220. The van der Waals surface area contributed by atoms with E-state index in [1.54, 1.807) is 11.9 Å². The Labute approximate surface area is 92.0 Å². The first-order valence-corrected chi connectivity index (χ1v) is 5.86. The van der Waals surface area contributed by atoms with E-state index in [1.165, 1.54) is 0 Å². The van der Waals surface area contributed by atoms with E-state index in [0.717, 1.165) is 13.0 Å². The summed E-state index contributed by atoms with van der Waals surface area (Å²) in [5.74, 6) is -2.57. The fourth-order valence-electron chi connectivity index (χ4n) is 1.68. The molecule has 0 bridgehead atoms. The Balaban J connectivity index is 0.000000921. The Morgan fingerprint density at radius 3 is 2.47 bits per heavy atom. The zero-order valence-corrected chi connectivity index (χ0v) is 10.3. The number of halogens is 2. The van der Waals surface area contributed by atoms with E-state index in [4.69, 9.17) is 0 Å². The van der Waals surface area contributed by atoms with Gasteiger partial charge in [-0.3, -0.25) is 0 Å². The molecule has 0 amide bonds. The van der Waals surface area contributed by atoms with Crippen LogP contribution in [0.4, 0.5) is 8.78 Å². The highest BCUT2D eigenvalue weighted by Crippen LogP contribution is 2.26. The lowest BCUT2D eigenvalue weighted by Crippen LogP contribution is -2.56. The van der Waals surface area contributed by atoms with Crippen LogP contribution in [0.25, 0.3) is 0 Å². The zero-order valence-electron chi connectivity index (χ0n) is 10.3. The van der Waals surface area contributed by atoms with Crippen molar-refractivity contribution in [2.75, 3.05) is 26.7 Å². The van der Waals surface area contributed by atoms with Gasteiger partial charge in [0.1, 0.15) is 0 Å². The van der Waals surface area contributed by atoms with Gasteiger partial charge in [-0.15, -0.1) is 0 Å². The quantitative estimate of drug-likeness (QED) is 0.788. The smallest absolute Gasteiger partial charge is 0.275 e. The summed E-state index contributed by atoms with van der Waals surface area (Å²) in [4.78, 5) is 1.68. The van der Waals surface area contributed by atoms with Gasteiger partial charge in [0, 0.05) is 0 Å². The molecule has 1 aliphatic heterocycles. The first kappa shape index (κ1) is 14.8. The molecule has 0 saturated carbocycles. The van der Waals surface area contributed by atoms with Crippen LogP contribution in [0.15, 0.2) is 0 Å². The monoisotopic (exact) mass is 222 g/mol. The van der Waals surface area contributed by atoms with Gasteiger partial charge in [0.05, 0.1) is 12.6 Å². The van der Waals surface area contributed by atoms with Gasteiger partial charge in [-0.1, -0.05) is 20.8 Å². The average Bonchev–Trinajstić information content (AvgIpc) is 2.18. The number of piperidine rings is 1. The normalized spacial score (nSPS) is 25.6. The second-order valence-corrected chi connectivity index (χ2v) is 3.79. The first-order chi connectivity index (χ1) is 7.06. The highest BCUT2D eigenvalue weighted by Gasteiger charge is 2.42. The number of alkyl halides is 2. The summed E-state index contributed by atoms with van der Waals surface area (Å²) in [6, 6.07) is -0.622. The number of hydrogen-bond donors (Lipinski definition) is 1. The van der Waals surface area contributed by atoms with Gasteiger partial charge < -0.3 is 10.2 Å². The van der Waals surface area contributed by atoms with Gasteiger partial charge in [0.15, 0.2) is 0 Å². The first-order valence-electron chi connectivity index (χ1n) is 5.86. The SMILES string of the molecule is CC.CCCNC1CCN(C)CC1(F)F. The predicted molar refractivity (Wildman–Crippen MR) is 60.5 cm³/mol. The molecule has 1 aliphatic rings. The van der Waals surface area contributed by atoms with Crippen molar-refractivity contribution < 1.29 is 8.78 Å². The molecule has 0 radical (unpaired) electrons. The predicted octanol–water partition coefficient (Wildman–Crippen LogP) is 2.35. The van der Waals surface area contributed by atoms with Crippen LogP contribution in [0.5, 0.6) is 0 Å². The molecule has 1 saturated heterocycles. The van der Waals surface area contributed by atoms with Crippen LogP contribution < -0.4 is 5.32 Å². The Morgan fingerprint density at radius 1 is 1.40 bits per heavy atom. The summed E-state index contributed by atoms with van der Waals surface area (Å²) < 4.78 is 26.7. The third-order valence-corrected chi connectivity index (χ3v) is 2.43. The average molecular weight is 222 g/mol. The van der Waals surface area contributed by atoms with Crippen LogP contribution >= 0.6 is 0 Å². The van der Waals surface area contributed by atoms with Crippen LogP contribution in [0, 0.1) is 0 Å². The van der Waals surface area contributed by atoms with Crippen LogP contribution in [-0.2, 0) is 0 Å². The largest absolute Gasteiger partial charge is 0.309 e. The topological polar surface area (TPSA) is 15.3 Å². The molecule has 1 heterocycles. The van der Waals surface area contributed by atoms with E-state index < -0.39 is 12.0 Å². The maximum absolute atomic E-state index is 13.3. The molecule has 4 heteroatoms. The lowest BCUT2D eigenvalue weighted by Gasteiger charge is -2.36. The highest BCUT2D eigenvalue weighted by molar-refractivity contribution is 4.90. The molecule has 92 valence electrons. The summed E-state index contributed by atoms with van der Waals surface area (Å²) in [5.41, 5.74) is 0. The Morgan fingerprint density at radius 2 is 2.00 bits per heavy atom. The van der Waals surface area contributed by atoms with E-state index in [0.29, 0.717) is 13.0 Å². The van der Waals surface area contributed by atoms with Crippen LogP contribution in [0.3, 0.4) is 0 Å². The fraction of sp³-hybridized carbons (Fsp3) is 1.00. The summed E-state index contributed by atoms with van der Waals surface area (Å²) in [5, 5.41) is 2.91. The number of hydrogen-bond acceptors (Lipinski definition) is 2.